The van der Waals surface area contributed by atoms with Gasteiger partial charge in [-0.3, -0.25) is 0 Å². The van der Waals surface area contributed by atoms with Crippen LogP contribution in [-0.4, -0.2) is 28.1 Å². The predicted molar refractivity (Wildman–Crippen MR) is 113 cm³/mol. The Bertz CT molecular complexity index is 1240. The Balaban J connectivity index is 1.67. The largest absolute Gasteiger partial charge is 0.449 e. The van der Waals surface area contributed by atoms with E-state index < -0.39 is 41.0 Å². The van der Waals surface area contributed by atoms with Crippen LogP contribution in [0.3, 0.4) is 0 Å². The minimum Gasteiger partial charge on any atom is -0.420 e. The number of rotatable bonds is 7. The summed E-state index contributed by atoms with van der Waals surface area (Å²) in [6.45, 7) is 6.27. The van der Waals surface area contributed by atoms with Gasteiger partial charge in [0.1, 0.15) is 0 Å². The number of hydrogen-bond acceptors (Lipinski definition) is 6. The van der Waals surface area contributed by atoms with Gasteiger partial charge in [0, 0.05) is 18.0 Å². The molecule has 0 spiro atoms. The van der Waals surface area contributed by atoms with Crippen LogP contribution in [0.25, 0.3) is 11.4 Å². The monoisotopic (exact) mass is 472 g/mol. The summed E-state index contributed by atoms with van der Waals surface area (Å²) in [7, 11) is 0. The van der Waals surface area contributed by atoms with E-state index in [1.54, 1.807) is 6.08 Å². The van der Waals surface area contributed by atoms with E-state index in [9.17, 15) is 27.2 Å². The second-order valence-electron chi connectivity index (χ2n) is 6.83. The summed E-state index contributed by atoms with van der Waals surface area (Å²) < 4.78 is 60.5. The van der Waals surface area contributed by atoms with Crippen molar-refractivity contribution in [3.05, 3.63) is 102 Å². The molecule has 6 nitrogen and oxygen atoms in total. The third kappa shape index (κ3) is 5.91. The highest BCUT2D eigenvalue weighted by atomic mass is 19.4. The average Bonchev–Trinajstić information content (AvgIpc) is 2.80. The molecule has 0 aliphatic carbocycles. The number of carbonyl (C=O) groups is 2. The maximum Gasteiger partial charge on any atom is 0.449 e. The summed E-state index contributed by atoms with van der Waals surface area (Å²) in [6, 6.07) is 9.83. The van der Waals surface area contributed by atoms with Crippen LogP contribution < -0.4 is 4.74 Å². The molecular formula is C24H16F4N2O4. The molecule has 1 aromatic heterocycles. The fourth-order valence-corrected chi connectivity index (χ4v) is 2.64. The first-order chi connectivity index (χ1) is 16.1. The Morgan fingerprint density at radius 2 is 1.62 bits per heavy atom. The second-order valence-corrected chi connectivity index (χ2v) is 6.83. The fourth-order valence-electron chi connectivity index (χ4n) is 2.64. The van der Waals surface area contributed by atoms with Gasteiger partial charge in [-0.05, 0) is 30.2 Å². The van der Waals surface area contributed by atoms with Crippen LogP contribution in [0.5, 0.6) is 5.75 Å². The quantitative estimate of drug-likeness (QED) is 0.149. The smallest absolute Gasteiger partial charge is 0.420 e. The van der Waals surface area contributed by atoms with Crippen molar-refractivity contribution in [2.45, 2.75) is 12.6 Å². The lowest BCUT2D eigenvalue weighted by Gasteiger charge is -2.11. The third-order valence-corrected chi connectivity index (χ3v) is 4.38. The SMILES string of the molecule is C=CCc1ccc(-c2ncc(C(=O)Oc3ccc(C(=O)OC(=C)C(F)(F)F)cc3F)cn2)cc1. The van der Waals surface area contributed by atoms with E-state index in [2.05, 4.69) is 27.9 Å². The van der Waals surface area contributed by atoms with Gasteiger partial charge in [-0.25, -0.2) is 23.9 Å². The van der Waals surface area contributed by atoms with Gasteiger partial charge in [0.2, 0.25) is 5.76 Å². The molecular weight excluding hydrogens is 456 g/mol. The summed E-state index contributed by atoms with van der Waals surface area (Å²) in [5.41, 5.74) is 1.17. The number of carbonyl (C=O) groups excluding carboxylic acids is 2. The zero-order valence-electron chi connectivity index (χ0n) is 17.4. The van der Waals surface area contributed by atoms with Gasteiger partial charge in [-0.2, -0.15) is 13.2 Å². The molecule has 174 valence electrons. The van der Waals surface area contributed by atoms with E-state index in [1.807, 2.05) is 24.3 Å². The van der Waals surface area contributed by atoms with Crippen molar-refractivity contribution in [1.29, 1.82) is 0 Å². The molecule has 0 saturated carbocycles. The summed E-state index contributed by atoms with van der Waals surface area (Å²) in [4.78, 5) is 32.2. The van der Waals surface area contributed by atoms with Crippen molar-refractivity contribution in [1.82, 2.24) is 9.97 Å². The van der Waals surface area contributed by atoms with Crippen LogP contribution in [0.15, 0.2) is 79.9 Å². The van der Waals surface area contributed by atoms with E-state index in [4.69, 9.17) is 4.74 Å². The minimum absolute atomic E-state index is 0.0728. The zero-order valence-corrected chi connectivity index (χ0v) is 17.4. The van der Waals surface area contributed by atoms with Gasteiger partial charge < -0.3 is 9.47 Å². The van der Waals surface area contributed by atoms with E-state index in [-0.39, 0.29) is 5.56 Å². The maximum atomic E-state index is 14.3. The number of aromatic nitrogens is 2. The van der Waals surface area contributed by atoms with Crippen LogP contribution in [0.1, 0.15) is 26.3 Å². The van der Waals surface area contributed by atoms with Gasteiger partial charge in [-0.1, -0.05) is 36.9 Å². The lowest BCUT2D eigenvalue weighted by molar-refractivity contribution is -0.122. The number of ether oxygens (including phenoxy) is 2. The van der Waals surface area contributed by atoms with Crippen molar-refractivity contribution in [3.8, 4) is 17.1 Å². The number of halogens is 4. The zero-order chi connectivity index (χ0) is 24.9. The van der Waals surface area contributed by atoms with E-state index >= 15 is 0 Å². The lowest BCUT2D eigenvalue weighted by Crippen LogP contribution is -2.17. The Morgan fingerprint density at radius 1 is 0.971 bits per heavy atom. The van der Waals surface area contributed by atoms with Gasteiger partial charge in [0.15, 0.2) is 17.4 Å². The van der Waals surface area contributed by atoms with E-state index in [1.165, 1.54) is 12.4 Å². The summed E-state index contributed by atoms with van der Waals surface area (Å²) in [5.74, 6) is -5.57. The van der Waals surface area contributed by atoms with Crippen LogP contribution in [0.4, 0.5) is 17.6 Å². The van der Waals surface area contributed by atoms with Crippen LogP contribution in [0, 0.1) is 5.82 Å². The molecule has 0 aliphatic heterocycles. The molecule has 0 atom stereocenters. The molecule has 0 aliphatic rings. The standard InChI is InChI=1S/C24H16F4N2O4/c1-3-4-15-5-7-16(8-6-15)21-29-12-18(13-30-21)23(32)34-20-10-9-17(11-19(20)25)22(31)33-14(2)24(26,27)28/h3,5-13H,1-2,4H2. The highest BCUT2D eigenvalue weighted by molar-refractivity contribution is 5.92. The maximum absolute atomic E-state index is 14.3. The first-order valence-corrected chi connectivity index (χ1v) is 9.60. The van der Waals surface area contributed by atoms with Crippen molar-refractivity contribution in [2.75, 3.05) is 0 Å². The molecule has 34 heavy (non-hydrogen) atoms. The van der Waals surface area contributed by atoms with Crippen LogP contribution >= 0.6 is 0 Å². The van der Waals surface area contributed by atoms with Crippen LogP contribution in [0.2, 0.25) is 0 Å². The van der Waals surface area contributed by atoms with E-state index in [0.29, 0.717) is 18.3 Å². The molecule has 10 heteroatoms. The molecule has 0 saturated heterocycles. The Hall–Kier alpha value is -4.34. The number of esters is 2. The predicted octanol–water partition coefficient (Wildman–Crippen LogP) is 5.46. The normalized spacial score (nSPS) is 10.9. The fraction of sp³-hybridized carbons (Fsp3) is 0.0833. The summed E-state index contributed by atoms with van der Waals surface area (Å²) in [6.07, 6.45) is -0.0495. The number of alkyl halides is 3. The highest BCUT2D eigenvalue weighted by Gasteiger charge is 2.36. The Labute approximate surface area is 191 Å². The highest BCUT2D eigenvalue weighted by Crippen LogP contribution is 2.27. The number of nitrogens with zero attached hydrogens (tertiary/aromatic N) is 2. The number of allylic oxidation sites excluding steroid dienone is 2. The molecule has 3 rings (SSSR count). The van der Waals surface area contributed by atoms with E-state index in [0.717, 1.165) is 23.3 Å². The summed E-state index contributed by atoms with van der Waals surface area (Å²) >= 11 is 0. The lowest BCUT2D eigenvalue weighted by atomic mass is 10.1. The topological polar surface area (TPSA) is 78.4 Å². The minimum atomic E-state index is -4.95. The molecule has 0 unspecified atom stereocenters. The number of hydrogen-bond donors (Lipinski definition) is 0. The third-order valence-electron chi connectivity index (χ3n) is 4.38. The van der Waals surface area contributed by atoms with Crippen LogP contribution in [-0.2, 0) is 11.2 Å². The molecule has 0 fully saturated rings. The molecule has 3 aromatic rings. The Morgan fingerprint density at radius 3 is 2.18 bits per heavy atom. The van der Waals surface area contributed by atoms with Gasteiger partial charge in [0.25, 0.3) is 0 Å². The first-order valence-electron chi connectivity index (χ1n) is 9.60. The van der Waals surface area contributed by atoms with Crippen molar-refractivity contribution in [2.24, 2.45) is 0 Å². The number of benzene rings is 2. The molecule has 0 bridgehead atoms. The molecule has 2 aromatic carbocycles. The molecule has 0 amide bonds. The Kier molecular flexibility index (Phi) is 7.20. The first kappa shape index (κ1) is 24.3. The molecule has 1 heterocycles. The van der Waals surface area contributed by atoms with Crippen molar-refractivity contribution < 1.29 is 36.6 Å². The van der Waals surface area contributed by atoms with Crippen molar-refractivity contribution >= 4 is 11.9 Å². The average molecular weight is 472 g/mol. The van der Waals surface area contributed by atoms with Gasteiger partial charge in [0.05, 0.1) is 11.1 Å². The van der Waals surface area contributed by atoms with Gasteiger partial charge >= 0.3 is 18.1 Å². The van der Waals surface area contributed by atoms with Gasteiger partial charge in [-0.15, -0.1) is 6.58 Å². The second kappa shape index (κ2) is 10.1. The molecule has 0 N–H and O–H groups in total. The summed E-state index contributed by atoms with van der Waals surface area (Å²) in [5, 5.41) is 0. The molecule has 0 radical (unpaired) electrons. The van der Waals surface area contributed by atoms with Crippen molar-refractivity contribution in [3.63, 3.8) is 0 Å².